The molecule has 0 amide bonds. The summed E-state index contributed by atoms with van der Waals surface area (Å²) in [5.74, 6) is 0. The van der Waals surface area contributed by atoms with Crippen molar-refractivity contribution in [2.45, 2.75) is 32.2 Å². The summed E-state index contributed by atoms with van der Waals surface area (Å²) in [5, 5.41) is 4.21. The number of pyridine rings is 1. The maximum atomic E-state index is 6.25. The number of rotatable bonds is 5. The summed E-state index contributed by atoms with van der Waals surface area (Å²) in [6.07, 6.45) is 6.82. The average Bonchev–Trinajstić information content (AvgIpc) is 2.42. The molecule has 0 aliphatic carbocycles. The molecule has 0 radical (unpaired) electrons. The molecule has 2 rings (SSSR count). The first-order valence-corrected chi connectivity index (χ1v) is 6.85. The van der Waals surface area contributed by atoms with Gasteiger partial charge < -0.3 is 10.1 Å². The molecule has 18 heavy (non-hydrogen) atoms. The fourth-order valence-electron chi connectivity index (χ4n) is 2.10. The van der Waals surface area contributed by atoms with Gasteiger partial charge in [0.15, 0.2) is 0 Å². The Labute approximate surface area is 113 Å². The Bertz CT molecular complexity index is 420. The Morgan fingerprint density at radius 1 is 1.56 bits per heavy atom. The van der Waals surface area contributed by atoms with Crippen molar-refractivity contribution < 1.29 is 4.74 Å². The number of hydrogen-bond acceptors (Lipinski definition) is 3. The van der Waals surface area contributed by atoms with Gasteiger partial charge in [0.25, 0.3) is 0 Å². The topological polar surface area (TPSA) is 34.1 Å². The number of aromatic nitrogens is 1. The molecular formula is C14H19ClN2O. The molecule has 0 aromatic carbocycles. The summed E-state index contributed by atoms with van der Waals surface area (Å²) < 4.78 is 5.43. The van der Waals surface area contributed by atoms with Crippen LogP contribution in [0.2, 0.25) is 5.02 Å². The highest BCUT2D eigenvalue weighted by atomic mass is 35.5. The average molecular weight is 267 g/mol. The molecule has 4 heteroatoms. The monoisotopic (exact) mass is 266 g/mol. The Balaban J connectivity index is 2.24. The van der Waals surface area contributed by atoms with Crippen molar-refractivity contribution in [3.8, 4) is 0 Å². The molecule has 0 saturated carbocycles. The lowest BCUT2D eigenvalue weighted by Gasteiger charge is -2.24. The second-order valence-electron chi connectivity index (χ2n) is 4.42. The number of nitrogens with zero attached hydrogens (tertiary/aromatic N) is 1. The van der Waals surface area contributed by atoms with Gasteiger partial charge in [-0.1, -0.05) is 18.5 Å². The molecule has 1 aromatic heterocycles. The van der Waals surface area contributed by atoms with Crippen molar-refractivity contribution in [1.82, 2.24) is 10.3 Å². The van der Waals surface area contributed by atoms with Crippen molar-refractivity contribution >= 4 is 11.6 Å². The predicted molar refractivity (Wildman–Crippen MR) is 73.6 cm³/mol. The van der Waals surface area contributed by atoms with Gasteiger partial charge in [-0.15, -0.1) is 0 Å². The van der Waals surface area contributed by atoms with E-state index >= 15 is 0 Å². The first kappa shape index (κ1) is 13.4. The molecule has 1 aliphatic heterocycles. The highest BCUT2D eigenvalue weighted by molar-refractivity contribution is 6.31. The van der Waals surface area contributed by atoms with Gasteiger partial charge in [-0.3, -0.25) is 4.98 Å². The van der Waals surface area contributed by atoms with E-state index in [1.54, 1.807) is 6.20 Å². The van der Waals surface area contributed by atoms with Crippen LogP contribution in [0.3, 0.4) is 0 Å². The highest BCUT2D eigenvalue weighted by Crippen LogP contribution is 2.30. The summed E-state index contributed by atoms with van der Waals surface area (Å²) >= 11 is 6.25. The van der Waals surface area contributed by atoms with Crippen molar-refractivity contribution in [2.75, 3.05) is 13.2 Å². The van der Waals surface area contributed by atoms with Crippen LogP contribution in [0.1, 0.15) is 37.9 Å². The van der Waals surface area contributed by atoms with Crippen molar-refractivity contribution in [2.24, 2.45) is 0 Å². The van der Waals surface area contributed by atoms with Crippen LogP contribution in [0.25, 0.3) is 0 Å². The first-order valence-electron chi connectivity index (χ1n) is 6.47. The minimum atomic E-state index is 0.0685. The minimum absolute atomic E-state index is 0.0685. The van der Waals surface area contributed by atoms with E-state index in [1.807, 2.05) is 18.4 Å². The number of nitrogens with one attached hydrogen (secondary N) is 1. The number of hydrogen-bond donors (Lipinski definition) is 1. The van der Waals surface area contributed by atoms with Crippen molar-refractivity contribution in [3.05, 3.63) is 40.9 Å². The van der Waals surface area contributed by atoms with Crippen LogP contribution in [-0.2, 0) is 4.74 Å². The van der Waals surface area contributed by atoms with E-state index in [9.17, 15) is 0 Å². The molecular weight excluding hydrogens is 248 g/mol. The zero-order chi connectivity index (χ0) is 12.8. The van der Waals surface area contributed by atoms with Gasteiger partial charge in [0, 0.05) is 6.20 Å². The Morgan fingerprint density at radius 3 is 3.11 bits per heavy atom. The SMILES string of the molecule is CCCNC(C1=COCCC1)c1ncccc1Cl. The van der Waals surface area contributed by atoms with Crippen LogP contribution in [0.5, 0.6) is 0 Å². The van der Waals surface area contributed by atoms with Crippen LogP contribution in [0.4, 0.5) is 0 Å². The largest absolute Gasteiger partial charge is 0.501 e. The van der Waals surface area contributed by atoms with Gasteiger partial charge in [-0.2, -0.15) is 0 Å². The Hall–Kier alpha value is -1.06. The zero-order valence-corrected chi connectivity index (χ0v) is 11.4. The molecule has 0 spiro atoms. The van der Waals surface area contributed by atoms with Gasteiger partial charge in [-0.25, -0.2) is 0 Å². The molecule has 1 aromatic rings. The standard InChI is InChI=1S/C14H19ClN2O/c1-2-7-16-13(11-5-4-9-18-10-11)14-12(15)6-3-8-17-14/h3,6,8,10,13,16H,2,4-5,7,9H2,1H3. The van der Waals surface area contributed by atoms with Crippen LogP contribution in [0.15, 0.2) is 30.2 Å². The Kier molecular flexibility index (Phi) is 5.02. The molecule has 1 N–H and O–H groups in total. The van der Waals surface area contributed by atoms with Gasteiger partial charge in [0.2, 0.25) is 0 Å². The highest BCUT2D eigenvalue weighted by Gasteiger charge is 2.21. The van der Waals surface area contributed by atoms with Crippen molar-refractivity contribution in [1.29, 1.82) is 0 Å². The molecule has 0 fully saturated rings. The lowest BCUT2D eigenvalue weighted by molar-refractivity contribution is 0.219. The van der Waals surface area contributed by atoms with Gasteiger partial charge >= 0.3 is 0 Å². The third-order valence-electron chi connectivity index (χ3n) is 2.99. The van der Waals surface area contributed by atoms with E-state index in [1.165, 1.54) is 5.57 Å². The van der Waals surface area contributed by atoms with Gasteiger partial charge in [-0.05, 0) is 43.5 Å². The van der Waals surface area contributed by atoms with E-state index < -0.39 is 0 Å². The van der Waals surface area contributed by atoms with E-state index in [2.05, 4.69) is 17.2 Å². The van der Waals surface area contributed by atoms with E-state index in [-0.39, 0.29) is 6.04 Å². The second kappa shape index (κ2) is 6.76. The quantitative estimate of drug-likeness (QED) is 0.886. The third kappa shape index (κ3) is 3.24. The minimum Gasteiger partial charge on any atom is -0.501 e. The molecule has 0 saturated heterocycles. The lowest BCUT2D eigenvalue weighted by atomic mass is 9.98. The maximum Gasteiger partial charge on any atom is 0.0876 e. The fourth-order valence-corrected chi connectivity index (χ4v) is 2.33. The second-order valence-corrected chi connectivity index (χ2v) is 4.83. The molecule has 98 valence electrons. The third-order valence-corrected chi connectivity index (χ3v) is 3.31. The summed E-state index contributed by atoms with van der Waals surface area (Å²) in [7, 11) is 0. The van der Waals surface area contributed by atoms with Gasteiger partial charge in [0.1, 0.15) is 0 Å². The van der Waals surface area contributed by atoms with Crippen LogP contribution >= 0.6 is 11.6 Å². The number of halogens is 1. The summed E-state index contributed by atoms with van der Waals surface area (Å²) in [6.45, 7) is 3.89. The molecule has 3 nitrogen and oxygen atoms in total. The van der Waals surface area contributed by atoms with E-state index in [0.29, 0.717) is 5.02 Å². The fraction of sp³-hybridized carbons (Fsp3) is 0.500. The molecule has 1 aliphatic rings. The first-order chi connectivity index (χ1) is 8.83. The molecule has 1 unspecified atom stereocenters. The predicted octanol–water partition coefficient (Wildman–Crippen LogP) is 3.47. The summed E-state index contributed by atoms with van der Waals surface area (Å²) in [6, 6.07) is 3.81. The smallest absolute Gasteiger partial charge is 0.0876 e. The van der Waals surface area contributed by atoms with Crippen LogP contribution < -0.4 is 5.32 Å². The molecule has 2 heterocycles. The van der Waals surface area contributed by atoms with E-state index in [4.69, 9.17) is 16.3 Å². The van der Waals surface area contributed by atoms with Crippen LogP contribution in [-0.4, -0.2) is 18.1 Å². The van der Waals surface area contributed by atoms with Crippen molar-refractivity contribution in [3.63, 3.8) is 0 Å². The summed E-state index contributed by atoms with van der Waals surface area (Å²) in [5.41, 5.74) is 2.12. The number of ether oxygens (including phenoxy) is 1. The summed E-state index contributed by atoms with van der Waals surface area (Å²) in [4.78, 5) is 4.42. The van der Waals surface area contributed by atoms with E-state index in [0.717, 1.165) is 38.1 Å². The lowest BCUT2D eigenvalue weighted by Crippen LogP contribution is -2.26. The van der Waals surface area contributed by atoms with Crippen LogP contribution in [0, 0.1) is 0 Å². The zero-order valence-electron chi connectivity index (χ0n) is 10.7. The van der Waals surface area contributed by atoms with Gasteiger partial charge in [0.05, 0.1) is 29.6 Å². The molecule has 0 bridgehead atoms. The molecule has 1 atom stereocenters. The normalized spacial score (nSPS) is 16.9. The maximum absolute atomic E-state index is 6.25. The Morgan fingerprint density at radius 2 is 2.44 bits per heavy atom.